The Morgan fingerprint density at radius 3 is 0.719 bits per heavy atom. The summed E-state index contributed by atoms with van der Waals surface area (Å²) in [6, 6.07) is 24.9. The molecule has 3 aromatic rings. The van der Waals surface area contributed by atoms with E-state index in [-0.39, 0.29) is 0 Å². The van der Waals surface area contributed by atoms with E-state index in [1.54, 1.807) is 91.0 Å². The maximum Gasteiger partial charge on any atom is 0.466 e. The lowest BCUT2D eigenvalue weighted by Crippen LogP contribution is -1.93. The van der Waals surface area contributed by atoms with E-state index in [1.165, 1.54) is 0 Å². The summed E-state index contributed by atoms with van der Waals surface area (Å²) in [6.07, 6.45) is 0. The monoisotopic (exact) mass is 464 g/mol. The van der Waals surface area contributed by atoms with Gasteiger partial charge in [-0.3, -0.25) is 0 Å². The third-order valence-corrected chi connectivity index (χ3v) is 3.06. The highest BCUT2D eigenvalue weighted by molar-refractivity contribution is 7.45. The summed E-state index contributed by atoms with van der Waals surface area (Å²) in [4.78, 5) is 52.2. The average Bonchev–Trinajstić information content (AvgIpc) is 2.75. The molecule has 0 spiro atoms. The van der Waals surface area contributed by atoms with Gasteiger partial charge in [0.05, 0.1) is 16.7 Å². The Kier molecular flexibility index (Phi) is 13.3. The second-order valence-corrected chi connectivity index (χ2v) is 6.55. The van der Waals surface area contributed by atoms with Crippen LogP contribution in [0.15, 0.2) is 91.0 Å². The fraction of sp³-hybridized carbons (Fsp3) is 0. The van der Waals surface area contributed by atoms with E-state index in [0.717, 1.165) is 0 Å². The maximum absolute atomic E-state index is 10.2. The zero-order valence-corrected chi connectivity index (χ0v) is 17.3. The van der Waals surface area contributed by atoms with Crippen molar-refractivity contribution in [1.29, 1.82) is 0 Å². The maximum atomic E-state index is 10.2. The minimum atomic E-state index is -4.64. The molecular formula is C21H21O10P. The summed E-state index contributed by atoms with van der Waals surface area (Å²) in [6.45, 7) is 0. The van der Waals surface area contributed by atoms with Crippen molar-refractivity contribution < 1.29 is 48.9 Å². The summed E-state index contributed by atoms with van der Waals surface area (Å²) in [5.74, 6) is -2.64. The predicted octanol–water partition coefficient (Wildman–Crippen LogP) is 3.23. The van der Waals surface area contributed by atoms with Gasteiger partial charge in [0, 0.05) is 0 Å². The van der Waals surface area contributed by atoms with Gasteiger partial charge in [-0.2, -0.15) is 0 Å². The van der Waals surface area contributed by atoms with Gasteiger partial charge in [0.1, 0.15) is 0 Å². The van der Waals surface area contributed by atoms with E-state index < -0.39 is 25.7 Å². The third kappa shape index (κ3) is 16.0. The van der Waals surface area contributed by atoms with Crippen molar-refractivity contribution in [2.75, 3.05) is 0 Å². The number of rotatable bonds is 3. The molecule has 170 valence electrons. The van der Waals surface area contributed by atoms with E-state index in [2.05, 4.69) is 0 Å². The Hall–Kier alpha value is -3.82. The number of hydrogen-bond donors (Lipinski definition) is 6. The standard InChI is InChI=1S/3C7H6O2.H3O4P/c3*8-7(9)6-4-2-1-3-5-6;1-5(2,3)4/h3*1-5H,(H,8,9);(H3,1,2,3,4). The number of benzene rings is 3. The second-order valence-electron chi connectivity index (χ2n) is 5.53. The van der Waals surface area contributed by atoms with Crippen LogP contribution in [0.3, 0.4) is 0 Å². The lowest BCUT2D eigenvalue weighted by Gasteiger charge is -1.88. The topological polar surface area (TPSA) is 190 Å². The van der Waals surface area contributed by atoms with Gasteiger partial charge in [0.25, 0.3) is 0 Å². The molecule has 0 fully saturated rings. The molecule has 0 saturated heterocycles. The van der Waals surface area contributed by atoms with Gasteiger partial charge in [0.15, 0.2) is 0 Å². The van der Waals surface area contributed by atoms with Crippen LogP contribution in [0.5, 0.6) is 0 Å². The zero-order valence-electron chi connectivity index (χ0n) is 16.4. The SMILES string of the molecule is O=C(O)c1ccccc1.O=C(O)c1ccccc1.O=C(O)c1ccccc1.O=P(O)(O)O. The number of carboxylic acid groups (broad SMARTS) is 3. The Labute approximate surface area is 182 Å². The van der Waals surface area contributed by atoms with Crippen molar-refractivity contribution in [2.24, 2.45) is 0 Å². The van der Waals surface area contributed by atoms with Crippen molar-refractivity contribution in [3.05, 3.63) is 108 Å². The first-order valence-electron chi connectivity index (χ1n) is 8.55. The summed E-state index contributed by atoms with van der Waals surface area (Å²) < 4.78 is 8.88. The van der Waals surface area contributed by atoms with Gasteiger partial charge in [-0.05, 0) is 36.4 Å². The minimum Gasteiger partial charge on any atom is -0.478 e. The molecule has 3 rings (SSSR count). The zero-order chi connectivity index (χ0) is 24.6. The van der Waals surface area contributed by atoms with Crippen LogP contribution in [-0.4, -0.2) is 47.9 Å². The molecule has 0 saturated carbocycles. The van der Waals surface area contributed by atoms with Crippen LogP contribution in [-0.2, 0) is 4.57 Å². The quantitative estimate of drug-likeness (QED) is 0.314. The number of carboxylic acids is 3. The molecule has 32 heavy (non-hydrogen) atoms. The molecule has 0 aliphatic rings. The molecule has 3 aromatic carbocycles. The Morgan fingerprint density at radius 2 is 0.625 bits per heavy atom. The van der Waals surface area contributed by atoms with Crippen LogP contribution in [0.4, 0.5) is 0 Å². The minimum absolute atomic E-state index is 0.331. The average molecular weight is 464 g/mol. The van der Waals surface area contributed by atoms with Gasteiger partial charge in [-0.25, -0.2) is 18.9 Å². The molecular weight excluding hydrogens is 443 g/mol. The molecule has 0 aliphatic carbocycles. The number of carbonyl (C=O) groups is 3. The first kappa shape index (κ1) is 28.2. The first-order chi connectivity index (χ1) is 14.9. The van der Waals surface area contributed by atoms with Gasteiger partial charge in [-0.15, -0.1) is 0 Å². The van der Waals surface area contributed by atoms with Crippen molar-refractivity contribution in [3.63, 3.8) is 0 Å². The molecule has 0 aromatic heterocycles. The molecule has 0 amide bonds. The van der Waals surface area contributed by atoms with Gasteiger partial charge < -0.3 is 30.0 Å². The molecule has 6 N–H and O–H groups in total. The molecule has 0 heterocycles. The van der Waals surface area contributed by atoms with Crippen LogP contribution in [0, 0.1) is 0 Å². The largest absolute Gasteiger partial charge is 0.478 e. The number of aromatic carboxylic acids is 3. The Bertz CT molecular complexity index is 877. The lowest BCUT2D eigenvalue weighted by molar-refractivity contribution is 0.0686. The fourth-order valence-electron chi connectivity index (χ4n) is 1.74. The van der Waals surface area contributed by atoms with Crippen LogP contribution in [0.25, 0.3) is 0 Å². The molecule has 0 unspecified atom stereocenters. The molecule has 0 atom stereocenters. The highest BCUT2D eigenvalue weighted by atomic mass is 31.2. The highest BCUT2D eigenvalue weighted by Crippen LogP contribution is 2.25. The molecule has 0 aliphatic heterocycles. The lowest BCUT2D eigenvalue weighted by atomic mass is 10.2. The van der Waals surface area contributed by atoms with Crippen LogP contribution in [0.1, 0.15) is 31.1 Å². The van der Waals surface area contributed by atoms with Gasteiger partial charge >= 0.3 is 25.7 Å². The smallest absolute Gasteiger partial charge is 0.466 e. The van der Waals surface area contributed by atoms with Gasteiger partial charge in [-0.1, -0.05) is 54.6 Å². The van der Waals surface area contributed by atoms with E-state index >= 15 is 0 Å². The second kappa shape index (κ2) is 15.1. The first-order valence-corrected chi connectivity index (χ1v) is 10.1. The fourth-order valence-corrected chi connectivity index (χ4v) is 1.74. The molecule has 11 heteroatoms. The highest BCUT2D eigenvalue weighted by Gasteiger charge is 2.00. The Balaban J connectivity index is 0.000000410. The van der Waals surface area contributed by atoms with Crippen molar-refractivity contribution in [2.45, 2.75) is 0 Å². The summed E-state index contributed by atoms with van der Waals surface area (Å²) >= 11 is 0. The predicted molar refractivity (Wildman–Crippen MR) is 114 cm³/mol. The number of hydrogen-bond acceptors (Lipinski definition) is 4. The van der Waals surface area contributed by atoms with Crippen LogP contribution < -0.4 is 0 Å². The normalized spacial score (nSPS) is 9.34. The van der Waals surface area contributed by atoms with Crippen molar-refractivity contribution >= 4 is 25.7 Å². The van der Waals surface area contributed by atoms with Crippen LogP contribution in [0.2, 0.25) is 0 Å². The van der Waals surface area contributed by atoms with E-state index in [0.29, 0.717) is 16.7 Å². The van der Waals surface area contributed by atoms with Crippen molar-refractivity contribution in [3.8, 4) is 0 Å². The summed E-state index contributed by atoms with van der Waals surface area (Å²) in [5, 5.41) is 25.2. The van der Waals surface area contributed by atoms with Gasteiger partial charge in [0.2, 0.25) is 0 Å². The third-order valence-electron chi connectivity index (χ3n) is 3.06. The molecule has 0 bridgehead atoms. The van der Waals surface area contributed by atoms with E-state index in [4.69, 9.17) is 34.6 Å². The number of phosphoric acid groups is 1. The van der Waals surface area contributed by atoms with E-state index in [9.17, 15) is 14.4 Å². The molecule has 10 nitrogen and oxygen atoms in total. The Morgan fingerprint density at radius 1 is 0.469 bits per heavy atom. The summed E-state index contributed by atoms with van der Waals surface area (Å²) in [5.41, 5.74) is 0.993. The van der Waals surface area contributed by atoms with Crippen molar-refractivity contribution in [1.82, 2.24) is 0 Å². The van der Waals surface area contributed by atoms with E-state index in [1.807, 2.05) is 0 Å². The molecule has 0 radical (unpaired) electrons. The summed E-state index contributed by atoms with van der Waals surface area (Å²) in [7, 11) is -4.64. The van der Waals surface area contributed by atoms with Crippen LogP contribution >= 0.6 is 7.82 Å².